The molecule has 4 aromatic rings. The minimum Gasteiger partial charge on any atom is -0.507 e. The molecule has 3 aromatic carbocycles. The molecule has 0 saturated carbocycles. The number of phenols is 1. The normalized spacial score (nSPS) is 15.0. The lowest BCUT2D eigenvalue weighted by molar-refractivity contribution is -0.0523. The van der Waals surface area contributed by atoms with Crippen molar-refractivity contribution in [2.75, 3.05) is 13.2 Å². The van der Waals surface area contributed by atoms with Crippen LogP contribution in [0.2, 0.25) is 0 Å². The summed E-state index contributed by atoms with van der Waals surface area (Å²) in [6, 6.07) is 18.2. The van der Waals surface area contributed by atoms with Gasteiger partial charge in [-0.1, -0.05) is 18.2 Å². The Balaban J connectivity index is 1.89. The summed E-state index contributed by atoms with van der Waals surface area (Å²) in [5.74, 6) is -1.20. The molecule has 2 heterocycles. The van der Waals surface area contributed by atoms with Gasteiger partial charge in [0.25, 0.3) is 0 Å². The number of aromatic hydroxyl groups is 1. The molecule has 156 valence electrons. The van der Waals surface area contributed by atoms with Gasteiger partial charge in [-0.3, -0.25) is 0 Å². The van der Waals surface area contributed by atoms with Crippen molar-refractivity contribution in [1.29, 1.82) is 0 Å². The van der Waals surface area contributed by atoms with E-state index >= 15 is 0 Å². The van der Waals surface area contributed by atoms with Gasteiger partial charge in [0.15, 0.2) is 0 Å². The van der Waals surface area contributed by atoms with Crippen molar-refractivity contribution in [3.8, 4) is 22.6 Å². The van der Waals surface area contributed by atoms with E-state index in [1.807, 2.05) is 10.6 Å². The van der Waals surface area contributed by atoms with Crippen molar-refractivity contribution in [1.82, 2.24) is 4.57 Å². The molecule has 5 rings (SSSR count). The Morgan fingerprint density at radius 1 is 1.03 bits per heavy atom. The van der Waals surface area contributed by atoms with Crippen LogP contribution in [0.4, 0.5) is 4.39 Å². The number of hydrogen-bond donors (Lipinski definition) is 2. The Kier molecular flexibility index (Phi) is 4.34. The van der Waals surface area contributed by atoms with Crippen LogP contribution in [-0.4, -0.2) is 34.0 Å². The third-order valence-corrected chi connectivity index (χ3v) is 5.89. The number of halogens is 1. The molecule has 0 bridgehead atoms. The van der Waals surface area contributed by atoms with Crippen molar-refractivity contribution < 1.29 is 24.1 Å². The predicted octanol–water partition coefficient (Wildman–Crippen LogP) is 5.13. The first kappa shape index (κ1) is 19.3. The zero-order valence-electron chi connectivity index (χ0n) is 16.8. The summed E-state index contributed by atoms with van der Waals surface area (Å²) in [4.78, 5) is 11.3. The molecule has 1 aromatic heterocycles. The fourth-order valence-corrected chi connectivity index (χ4v) is 4.36. The number of benzene rings is 3. The van der Waals surface area contributed by atoms with Crippen LogP contribution in [0.25, 0.3) is 27.7 Å². The second kappa shape index (κ2) is 6.96. The molecule has 0 atom stereocenters. The van der Waals surface area contributed by atoms with Gasteiger partial charge in [-0.05, 0) is 61.0 Å². The van der Waals surface area contributed by atoms with E-state index in [9.17, 15) is 19.4 Å². The van der Waals surface area contributed by atoms with E-state index in [0.717, 1.165) is 28.0 Å². The number of hydrogen-bond acceptors (Lipinski definition) is 3. The van der Waals surface area contributed by atoms with Gasteiger partial charge in [0.05, 0.1) is 29.7 Å². The van der Waals surface area contributed by atoms with Crippen LogP contribution >= 0.6 is 0 Å². The quantitative estimate of drug-likeness (QED) is 0.483. The zero-order valence-corrected chi connectivity index (χ0v) is 16.8. The van der Waals surface area contributed by atoms with E-state index < -0.39 is 5.97 Å². The van der Waals surface area contributed by atoms with Crippen LogP contribution in [0.15, 0.2) is 66.7 Å². The largest absolute Gasteiger partial charge is 0.507 e. The molecule has 1 fully saturated rings. The number of nitrogens with zero attached hydrogens (tertiary/aromatic N) is 1. The summed E-state index contributed by atoms with van der Waals surface area (Å²) in [5, 5.41) is 20.8. The number of rotatable bonds is 4. The number of fused-ring (bicyclic) bond motifs is 1. The number of carbonyl (C=O) groups is 1. The lowest BCUT2D eigenvalue weighted by atomic mass is 9.80. The minimum absolute atomic E-state index is 0.126. The first-order valence-electron chi connectivity index (χ1n) is 9.93. The second-order valence-corrected chi connectivity index (χ2v) is 8.14. The summed E-state index contributed by atoms with van der Waals surface area (Å²) in [7, 11) is 0. The molecular weight excluding hydrogens is 397 g/mol. The Morgan fingerprint density at radius 3 is 2.29 bits per heavy atom. The van der Waals surface area contributed by atoms with E-state index in [2.05, 4.69) is 6.92 Å². The molecule has 0 radical (unpaired) electrons. The van der Waals surface area contributed by atoms with E-state index in [1.165, 1.54) is 12.1 Å². The number of aromatic carboxylic acids is 1. The SMILES string of the molecule is CC1(c2c(-c3ccc(C(=O)O)cc3)c3c(O)cccc3n2-c2ccc(F)cc2)COC1. The first-order chi connectivity index (χ1) is 14.9. The summed E-state index contributed by atoms with van der Waals surface area (Å²) in [6.07, 6.45) is 0. The first-order valence-corrected chi connectivity index (χ1v) is 9.93. The maximum atomic E-state index is 13.6. The van der Waals surface area contributed by atoms with Crippen molar-refractivity contribution >= 4 is 16.9 Å². The molecule has 0 aliphatic carbocycles. The molecule has 0 unspecified atom stereocenters. The minimum atomic E-state index is -0.997. The van der Waals surface area contributed by atoms with Crippen LogP contribution in [0, 0.1) is 5.82 Å². The maximum Gasteiger partial charge on any atom is 0.335 e. The van der Waals surface area contributed by atoms with E-state index in [0.29, 0.717) is 18.6 Å². The summed E-state index contributed by atoms with van der Waals surface area (Å²) < 4.78 is 21.2. The summed E-state index contributed by atoms with van der Waals surface area (Å²) in [5.41, 5.74) is 3.96. The topological polar surface area (TPSA) is 71.7 Å². The third kappa shape index (κ3) is 2.99. The predicted molar refractivity (Wildman–Crippen MR) is 115 cm³/mol. The lowest BCUT2D eigenvalue weighted by Gasteiger charge is -2.40. The number of phenolic OH excluding ortho intramolecular Hbond substituents is 1. The van der Waals surface area contributed by atoms with Crippen molar-refractivity contribution in [2.24, 2.45) is 0 Å². The molecule has 0 spiro atoms. The van der Waals surface area contributed by atoms with Crippen molar-refractivity contribution in [2.45, 2.75) is 12.3 Å². The van der Waals surface area contributed by atoms with Gasteiger partial charge in [-0.15, -0.1) is 0 Å². The molecule has 0 amide bonds. The summed E-state index contributed by atoms with van der Waals surface area (Å²) >= 11 is 0. The third-order valence-electron chi connectivity index (χ3n) is 5.89. The fraction of sp³-hybridized carbons (Fsp3) is 0.160. The van der Waals surface area contributed by atoms with Gasteiger partial charge < -0.3 is 19.5 Å². The molecule has 6 heteroatoms. The smallest absolute Gasteiger partial charge is 0.335 e. The molecule has 1 aliphatic heterocycles. The van der Waals surface area contributed by atoms with Crippen LogP contribution in [0.1, 0.15) is 23.0 Å². The van der Waals surface area contributed by atoms with Gasteiger partial charge in [-0.25, -0.2) is 9.18 Å². The van der Waals surface area contributed by atoms with Crippen molar-refractivity contribution in [3.63, 3.8) is 0 Å². The monoisotopic (exact) mass is 417 g/mol. The standard InChI is InChI=1S/C25H20FNO4/c1-25(13-31-14-25)23-21(15-5-7-16(8-6-15)24(29)30)22-19(3-2-4-20(22)28)27(23)18-11-9-17(26)10-12-18/h2-12,28H,13-14H2,1H3,(H,29,30). The molecule has 2 N–H and O–H groups in total. The van der Waals surface area contributed by atoms with Gasteiger partial charge in [0.2, 0.25) is 0 Å². The summed E-state index contributed by atoms with van der Waals surface area (Å²) in [6.45, 7) is 3.11. The number of carboxylic acids is 1. The second-order valence-electron chi connectivity index (χ2n) is 8.14. The maximum absolute atomic E-state index is 13.6. The molecule has 5 nitrogen and oxygen atoms in total. The molecule has 1 aliphatic rings. The highest BCUT2D eigenvalue weighted by molar-refractivity contribution is 6.04. The van der Waals surface area contributed by atoms with Gasteiger partial charge in [-0.2, -0.15) is 0 Å². The van der Waals surface area contributed by atoms with E-state index in [1.54, 1.807) is 48.5 Å². The van der Waals surface area contributed by atoms with Gasteiger partial charge in [0, 0.05) is 22.3 Å². The van der Waals surface area contributed by atoms with Crippen LogP contribution in [0.5, 0.6) is 5.75 Å². The molecule has 1 saturated heterocycles. The van der Waals surface area contributed by atoms with E-state index in [-0.39, 0.29) is 22.5 Å². The fourth-order valence-electron chi connectivity index (χ4n) is 4.36. The Morgan fingerprint density at radius 2 is 1.71 bits per heavy atom. The Hall–Kier alpha value is -3.64. The lowest BCUT2D eigenvalue weighted by Crippen LogP contribution is -2.45. The average molecular weight is 417 g/mol. The highest BCUT2D eigenvalue weighted by Crippen LogP contribution is 2.47. The van der Waals surface area contributed by atoms with Crippen LogP contribution in [-0.2, 0) is 10.2 Å². The van der Waals surface area contributed by atoms with E-state index in [4.69, 9.17) is 4.74 Å². The highest BCUT2D eigenvalue weighted by atomic mass is 19.1. The van der Waals surface area contributed by atoms with Gasteiger partial charge in [0.1, 0.15) is 11.6 Å². The highest BCUT2D eigenvalue weighted by Gasteiger charge is 2.42. The molecule has 31 heavy (non-hydrogen) atoms. The number of ether oxygens (including phenoxy) is 1. The van der Waals surface area contributed by atoms with Gasteiger partial charge >= 0.3 is 5.97 Å². The average Bonchev–Trinajstić information content (AvgIpc) is 3.09. The Bertz CT molecular complexity index is 1300. The van der Waals surface area contributed by atoms with Crippen molar-refractivity contribution in [3.05, 3.63) is 83.8 Å². The Labute approximate surface area is 177 Å². The van der Waals surface area contributed by atoms with Crippen LogP contribution in [0.3, 0.4) is 0 Å². The number of carboxylic acid groups (broad SMARTS) is 1. The van der Waals surface area contributed by atoms with Crippen LogP contribution < -0.4 is 0 Å². The number of aromatic nitrogens is 1. The molecular formula is C25H20FNO4. The zero-order chi connectivity index (χ0) is 21.8.